The van der Waals surface area contributed by atoms with Crippen molar-refractivity contribution in [2.24, 2.45) is 0 Å². The molecule has 1 fully saturated rings. The number of nitrogens with zero attached hydrogens (tertiary/aromatic N) is 2. The molecule has 1 saturated carbocycles. The third-order valence-corrected chi connectivity index (χ3v) is 3.80. The van der Waals surface area contributed by atoms with Crippen LogP contribution >= 0.6 is 27.5 Å². The van der Waals surface area contributed by atoms with Crippen LogP contribution in [0, 0.1) is 6.92 Å². The van der Waals surface area contributed by atoms with Crippen molar-refractivity contribution in [2.75, 3.05) is 17.3 Å². The first kappa shape index (κ1) is 11.2. The molecule has 0 aliphatic heterocycles. The van der Waals surface area contributed by atoms with E-state index in [1.165, 1.54) is 18.4 Å². The van der Waals surface area contributed by atoms with Gasteiger partial charge in [0, 0.05) is 24.7 Å². The predicted octanol–water partition coefficient (Wildman–Crippen LogP) is 3.36. The van der Waals surface area contributed by atoms with Gasteiger partial charge in [0.05, 0.1) is 4.47 Å². The van der Waals surface area contributed by atoms with Gasteiger partial charge in [-0.3, -0.25) is 0 Å². The zero-order valence-corrected chi connectivity index (χ0v) is 11.1. The molecule has 0 saturated heterocycles. The fraction of sp³-hybridized carbons (Fsp3) is 0.545. The molecule has 15 heavy (non-hydrogen) atoms. The molecule has 1 aromatic rings. The highest BCUT2D eigenvalue weighted by molar-refractivity contribution is 9.10. The van der Waals surface area contributed by atoms with Gasteiger partial charge in [-0.25, -0.2) is 4.98 Å². The largest absolute Gasteiger partial charge is 0.351 e. The van der Waals surface area contributed by atoms with Crippen LogP contribution in [0.5, 0.6) is 0 Å². The number of anilines is 1. The second kappa shape index (κ2) is 4.71. The van der Waals surface area contributed by atoms with Crippen LogP contribution in [0.2, 0.25) is 0 Å². The molecule has 1 aliphatic rings. The molecular weight excluding hydrogens is 275 g/mol. The van der Waals surface area contributed by atoms with Crippen molar-refractivity contribution >= 4 is 33.3 Å². The molecule has 0 spiro atoms. The topological polar surface area (TPSA) is 16.1 Å². The van der Waals surface area contributed by atoms with Crippen molar-refractivity contribution in [3.8, 4) is 0 Å². The zero-order chi connectivity index (χ0) is 10.8. The summed E-state index contributed by atoms with van der Waals surface area (Å²) in [4.78, 5) is 6.75. The van der Waals surface area contributed by atoms with Crippen LogP contribution in [0.4, 0.5) is 5.82 Å². The third-order valence-electron chi connectivity index (χ3n) is 2.65. The normalized spacial score (nSPS) is 15.4. The van der Waals surface area contributed by atoms with Gasteiger partial charge in [-0.1, -0.05) is 0 Å². The van der Waals surface area contributed by atoms with Gasteiger partial charge >= 0.3 is 0 Å². The maximum Gasteiger partial charge on any atom is 0.143 e. The molecule has 82 valence electrons. The second-order valence-electron chi connectivity index (χ2n) is 3.88. The summed E-state index contributed by atoms with van der Waals surface area (Å²) in [5, 5.41) is 0. The first-order valence-electron chi connectivity index (χ1n) is 5.17. The van der Waals surface area contributed by atoms with E-state index in [2.05, 4.69) is 32.7 Å². The smallest absolute Gasteiger partial charge is 0.143 e. The lowest BCUT2D eigenvalue weighted by Crippen LogP contribution is -2.29. The summed E-state index contributed by atoms with van der Waals surface area (Å²) in [6.45, 7) is 2.96. The van der Waals surface area contributed by atoms with E-state index in [4.69, 9.17) is 11.6 Å². The minimum absolute atomic E-state index is 0.648. The SMILES string of the molecule is Cc1ccnc(N(CCCl)C2CC2)c1Br. The summed E-state index contributed by atoms with van der Waals surface area (Å²) in [7, 11) is 0. The summed E-state index contributed by atoms with van der Waals surface area (Å²) >= 11 is 9.43. The second-order valence-corrected chi connectivity index (χ2v) is 5.05. The number of aromatic nitrogens is 1. The number of pyridine rings is 1. The van der Waals surface area contributed by atoms with Crippen molar-refractivity contribution in [3.05, 3.63) is 22.3 Å². The van der Waals surface area contributed by atoms with Crippen molar-refractivity contribution in [2.45, 2.75) is 25.8 Å². The molecule has 1 aromatic heterocycles. The predicted molar refractivity (Wildman–Crippen MR) is 67.8 cm³/mol. The Morgan fingerprint density at radius 1 is 1.60 bits per heavy atom. The molecule has 0 unspecified atom stereocenters. The lowest BCUT2D eigenvalue weighted by atomic mass is 10.3. The van der Waals surface area contributed by atoms with Crippen LogP contribution in [0.1, 0.15) is 18.4 Å². The van der Waals surface area contributed by atoms with Crippen LogP contribution in [0.3, 0.4) is 0 Å². The molecule has 4 heteroatoms. The number of alkyl halides is 1. The molecule has 0 atom stereocenters. The maximum atomic E-state index is 5.83. The minimum atomic E-state index is 0.648. The Kier molecular flexibility index (Phi) is 3.52. The van der Waals surface area contributed by atoms with E-state index in [-0.39, 0.29) is 0 Å². The van der Waals surface area contributed by atoms with Gasteiger partial charge in [0.25, 0.3) is 0 Å². The van der Waals surface area contributed by atoms with Crippen LogP contribution in [-0.2, 0) is 0 Å². The Morgan fingerprint density at radius 2 is 2.33 bits per heavy atom. The molecule has 0 radical (unpaired) electrons. The maximum absolute atomic E-state index is 5.83. The summed E-state index contributed by atoms with van der Waals surface area (Å²) < 4.78 is 1.10. The van der Waals surface area contributed by atoms with E-state index in [1.54, 1.807) is 0 Å². The van der Waals surface area contributed by atoms with Crippen molar-refractivity contribution in [3.63, 3.8) is 0 Å². The van der Waals surface area contributed by atoms with Crippen molar-refractivity contribution in [1.29, 1.82) is 0 Å². The van der Waals surface area contributed by atoms with Crippen molar-refractivity contribution < 1.29 is 0 Å². The average Bonchev–Trinajstić information content (AvgIpc) is 3.03. The van der Waals surface area contributed by atoms with Gasteiger partial charge in [-0.05, 0) is 47.3 Å². The van der Waals surface area contributed by atoms with Crippen LogP contribution in [-0.4, -0.2) is 23.5 Å². The van der Waals surface area contributed by atoms with Gasteiger partial charge in [0.2, 0.25) is 0 Å². The number of aryl methyl sites for hydroxylation is 1. The van der Waals surface area contributed by atoms with E-state index in [9.17, 15) is 0 Å². The first-order chi connectivity index (χ1) is 7.24. The molecule has 0 bridgehead atoms. The quantitative estimate of drug-likeness (QED) is 0.790. The molecule has 2 rings (SSSR count). The van der Waals surface area contributed by atoms with E-state index in [1.807, 2.05) is 12.3 Å². The van der Waals surface area contributed by atoms with Gasteiger partial charge in [-0.2, -0.15) is 0 Å². The van der Waals surface area contributed by atoms with Crippen LogP contribution in [0.25, 0.3) is 0 Å². The Morgan fingerprint density at radius 3 is 2.93 bits per heavy atom. The van der Waals surface area contributed by atoms with Crippen LogP contribution < -0.4 is 4.90 Å². The van der Waals surface area contributed by atoms with E-state index in [0.717, 1.165) is 16.8 Å². The molecular formula is C11H14BrClN2. The van der Waals surface area contributed by atoms with Gasteiger partial charge in [0.1, 0.15) is 5.82 Å². The van der Waals surface area contributed by atoms with Gasteiger partial charge < -0.3 is 4.90 Å². The standard InChI is InChI=1S/C11H14BrClN2/c1-8-4-6-14-11(10(8)12)15(7-5-13)9-2-3-9/h4,6,9H,2-3,5,7H2,1H3. The first-order valence-corrected chi connectivity index (χ1v) is 6.50. The summed E-state index contributed by atoms with van der Waals surface area (Å²) in [5.74, 6) is 1.69. The number of hydrogen-bond donors (Lipinski definition) is 0. The fourth-order valence-corrected chi connectivity index (χ4v) is 2.31. The monoisotopic (exact) mass is 288 g/mol. The minimum Gasteiger partial charge on any atom is -0.351 e. The number of halogens is 2. The molecule has 0 amide bonds. The Bertz CT molecular complexity index is 352. The average molecular weight is 290 g/mol. The zero-order valence-electron chi connectivity index (χ0n) is 8.71. The van der Waals surface area contributed by atoms with Gasteiger partial charge in [0.15, 0.2) is 0 Å². The fourth-order valence-electron chi connectivity index (χ4n) is 1.66. The molecule has 0 N–H and O–H groups in total. The van der Waals surface area contributed by atoms with E-state index in [0.29, 0.717) is 11.9 Å². The molecule has 1 aliphatic carbocycles. The Labute approximate surface area is 104 Å². The summed E-state index contributed by atoms with van der Waals surface area (Å²) in [6.07, 6.45) is 4.39. The van der Waals surface area contributed by atoms with Crippen molar-refractivity contribution in [1.82, 2.24) is 4.98 Å². The number of rotatable bonds is 4. The van der Waals surface area contributed by atoms with E-state index >= 15 is 0 Å². The number of hydrogen-bond acceptors (Lipinski definition) is 2. The lowest BCUT2D eigenvalue weighted by molar-refractivity contribution is 0.807. The lowest BCUT2D eigenvalue weighted by Gasteiger charge is -2.24. The van der Waals surface area contributed by atoms with Crippen LogP contribution in [0.15, 0.2) is 16.7 Å². The molecule has 0 aromatic carbocycles. The van der Waals surface area contributed by atoms with Gasteiger partial charge in [-0.15, -0.1) is 11.6 Å². The highest BCUT2D eigenvalue weighted by Crippen LogP contribution is 2.35. The third kappa shape index (κ3) is 2.45. The molecule has 1 heterocycles. The van der Waals surface area contributed by atoms with E-state index < -0.39 is 0 Å². The summed E-state index contributed by atoms with van der Waals surface area (Å²) in [6, 6.07) is 2.66. The highest BCUT2D eigenvalue weighted by Gasteiger charge is 2.30. The highest BCUT2D eigenvalue weighted by atomic mass is 79.9. The summed E-state index contributed by atoms with van der Waals surface area (Å²) in [5.41, 5.74) is 1.22. The molecule has 2 nitrogen and oxygen atoms in total. The Hall–Kier alpha value is -0.280. The Balaban J connectivity index is 2.28.